The third-order valence-electron chi connectivity index (χ3n) is 2.26. The van der Waals surface area contributed by atoms with E-state index in [4.69, 9.17) is 0 Å². The Morgan fingerprint density at radius 2 is 1.88 bits per heavy atom. The van der Waals surface area contributed by atoms with Gasteiger partial charge in [0.15, 0.2) is 0 Å². The summed E-state index contributed by atoms with van der Waals surface area (Å²) in [5.41, 5.74) is -0.450. The fraction of sp³-hybridized carbons (Fsp3) is 0.455. The maximum Gasteiger partial charge on any atom is 0.416 e. The van der Waals surface area contributed by atoms with Gasteiger partial charge in [0.05, 0.1) is 11.6 Å². The van der Waals surface area contributed by atoms with E-state index in [1.807, 2.05) is 0 Å². The molecule has 0 aliphatic carbocycles. The summed E-state index contributed by atoms with van der Waals surface area (Å²) in [4.78, 5) is 0. The molecule has 6 heteroatoms. The number of alkyl halides is 5. The van der Waals surface area contributed by atoms with Crippen molar-refractivity contribution >= 4 is 0 Å². The van der Waals surface area contributed by atoms with Crippen LogP contribution in [-0.2, 0) is 12.7 Å². The van der Waals surface area contributed by atoms with Gasteiger partial charge in [-0.25, -0.2) is 8.78 Å². The summed E-state index contributed by atoms with van der Waals surface area (Å²) in [6.45, 7) is 1.26. The summed E-state index contributed by atoms with van der Waals surface area (Å²) < 4.78 is 61.4. The molecule has 0 saturated heterocycles. The number of hydrogen-bond donors (Lipinski definition) is 1. The van der Waals surface area contributed by atoms with E-state index in [2.05, 4.69) is 5.32 Å². The van der Waals surface area contributed by atoms with Crippen molar-refractivity contribution in [1.82, 2.24) is 5.32 Å². The molecule has 0 heterocycles. The maximum absolute atomic E-state index is 12.4. The zero-order chi connectivity index (χ0) is 13.1. The first kappa shape index (κ1) is 13.9. The number of rotatable bonds is 4. The second-order valence-electron chi connectivity index (χ2n) is 3.70. The van der Waals surface area contributed by atoms with E-state index in [1.165, 1.54) is 19.1 Å². The molecular formula is C11H12F5N. The van der Waals surface area contributed by atoms with Crippen LogP contribution in [0.1, 0.15) is 18.1 Å². The quantitative estimate of drug-likeness (QED) is 0.810. The summed E-state index contributed by atoms with van der Waals surface area (Å²) in [6, 6.07) is 3.56. The molecule has 0 radical (unpaired) electrons. The Balaban J connectivity index is 2.67. The lowest BCUT2D eigenvalue weighted by Gasteiger charge is -2.13. The molecule has 0 bridgehead atoms. The van der Waals surface area contributed by atoms with E-state index in [9.17, 15) is 22.0 Å². The Morgan fingerprint density at radius 3 is 2.41 bits per heavy atom. The molecule has 0 aromatic heterocycles. The van der Waals surface area contributed by atoms with Crippen LogP contribution in [0.2, 0.25) is 0 Å². The van der Waals surface area contributed by atoms with Gasteiger partial charge in [0.1, 0.15) is 0 Å². The Labute approximate surface area is 95.6 Å². The average molecular weight is 253 g/mol. The largest absolute Gasteiger partial charge is 0.416 e. The second kappa shape index (κ2) is 5.44. The Morgan fingerprint density at radius 1 is 1.24 bits per heavy atom. The molecule has 0 aliphatic rings. The van der Waals surface area contributed by atoms with Crippen molar-refractivity contribution in [3.8, 4) is 0 Å². The molecule has 0 fully saturated rings. The SMILES string of the molecule is CC(NCc1cccc(C(F)(F)F)c1)C(F)F. The number of benzene rings is 1. The van der Waals surface area contributed by atoms with Crippen LogP contribution in [0.4, 0.5) is 22.0 Å². The predicted octanol–water partition coefficient (Wildman–Crippen LogP) is 3.45. The fourth-order valence-electron chi connectivity index (χ4n) is 1.23. The molecule has 1 unspecified atom stereocenters. The molecule has 1 N–H and O–H groups in total. The maximum atomic E-state index is 12.4. The smallest absolute Gasteiger partial charge is 0.305 e. The van der Waals surface area contributed by atoms with Crippen molar-refractivity contribution in [2.75, 3.05) is 0 Å². The van der Waals surface area contributed by atoms with Gasteiger partial charge >= 0.3 is 6.18 Å². The van der Waals surface area contributed by atoms with Gasteiger partial charge in [-0.1, -0.05) is 18.2 Å². The summed E-state index contributed by atoms with van der Waals surface area (Å²) in [5, 5.41) is 2.46. The highest BCUT2D eigenvalue weighted by Gasteiger charge is 2.30. The minimum absolute atomic E-state index is 0.0184. The summed E-state index contributed by atoms with van der Waals surface area (Å²) >= 11 is 0. The van der Waals surface area contributed by atoms with Crippen molar-refractivity contribution in [2.24, 2.45) is 0 Å². The van der Waals surface area contributed by atoms with Crippen LogP contribution in [0.5, 0.6) is 0 Å². The van der Waals surface area contributed by atoms with Gasteiger partial charge in [0.25, 0.3) is 6.43 Å². The highest BCUT2D eigenvalue weighted by molar-refractivity contribution is 5.25. The van der Waals surface area contributed by atoms with E-state index in [0.29, 0.717) is 5.56 Å². The van der Waals surface area contributed by atoms with Crippen LogP contribution in [0.15, 0.2) is 24.3 Å². The molecule has 1 aromatic carbocycles. The Bertz CT molecular complexity index is 361. The molecule has 1 aromatic rings. The first-order valence-electron chi connectivity index (χ1n) is 4.98. The van der Waals surface area contributed by atoms with Crippen LogP contribution in [0.25, 0.3) is 0 Å². The van der Waals surface area contributed by atoms with Gasteiger partial charge in [0.2, 0.25) is 0 Å². The van der Waals surface area contributed by atoms with E-state index in [1.54, 1.807) is 0 Å². The minimum Gasteiger partial charge on any atom is -0.305 e. The lowest BCUT2D eigenvalue weighted by Crippen LogP contribution is -2.32. The highest BCUT2D eigenvalue weighted by Crippen LogP contribution is 2.29. The lowest BCUT2D eigenvalue weighted by atomic mass is 10.1. The summed E-state index contributed by atoms with van der Waals surface area (Å²) in [7, 11) is 0. The van der Waals surface area contributed by atoms with Crippen molar-refractivity contribution in [3.63, 3.8) is 0 Å². The third-order valence-corrected chi connectivity index (χ3v) is 2.26. The van der Waals surface area contributed by atoms with E-state index >= 15 is 0 Å². The van der Waals surface area contributed by atoms with E-state index < -0.39 is 24.2 Å². The fourth-order valence-corrected chi connectivity index (χ4v) is 1.23. The second-order valence-corrected chi connectivity index (χ2v) is 3.70. The number of nitrogens with one attached hydrogen (secondary N) is 1. The summed E-state index contributed by atoms with van der Waals surface area (Å²) in [6.07, 6.45) is -6.95. The van der Waals surface area contributed by atoms with Crippen LogP contribution in [-0.4, -0.2) is 12.5 Å². The summed E-state index contributed by atoms with van der Waals surface area (Å²) in [5.74, 6) is 0. The van der Waals surface area contributed by atoms with E-state index in [0.717, 1.165) is 12.1 Å². The van der Waals surface area contributed by atoms with Gasteiger partial charge < -0.3 is 5.32 Å². The third kappa shape index (κ3) is 4.30. The van der Waals surface area contributed by atoms with Gasteiger partial charge in [-0.05, 0) is 18.6 Å². The van der Waals surface area contributed by atoms with Crippen LogP contribution < -0.4 is 5.32 Å². The van der Waals surface area contributed by atoms with Gasteiger partial charge in [0, 0.05) is 6.54 Å². The average Bonchev–Trinajstić information content (AvgIpc) is 2.25. The lowest BCUT2D eigenvalue weighted by molar-refractivity contribution is -0.137. The Kier molecular flexibility index (Phi) is 4.45. The van der Waals surface area contributed by atoms with Crippen LogP contribution in [0, 0.1) is 0 Å². The monoisotopic (exact) mass is 253 g/mol. The minimum atomic E-state index is -4.41. The molecule has 0 spiro atoms. The molecular weight excluding hydrogens is 241 g/mol. The molecule has 0 aliphatic heterocycles. The highest BCUT2D eigenvalue weighted by atomic mass is 19.4. The molecule has 0 amide bonds. The van der Waals surface area contributed by atoms with Crippen LogP contribution in [0.3, 0.4) is 0 Å². The normalized spacial score (nSPS) is 14.1. The molecule has 96 valence electrons. The van der Waals surface area contributed by atoms with Gasteiger partial charge in [-0.2, -0.15) is 13.2 Å². The molecule has 1 nitrogen and oxygen atoms in total. The Hall–Kier alpha value is -1.17. The topological polar surface area (TPSA) is 12.0 Å². The predicted molar refractivity (Wildman–Crippen MR) is 53.7 cm³/mol. The van der Waals surface area contributed by atoms with Gasteiger partial charge in [-0.15, -0.1) is 0 Å². The van der Waals surface area contributed by atoms with Crippen molar-refractivity contribution < 1.29 is 22.0 Å². The van der Waals surface area contributed by atoms with Crippen LogP contribution >= 0.6 is 0 Å². The zero-order valence-corrected chi connectivity index (χ0v) is 9.06. The number of hydrogen-bond acceptors (Lipinski definition) is 1. The molecule has 17 heavy (non-hydrogen) atoms. The molecule has 1 atom stereocenters. The standard InChI is InChI=1S/C11H12F5N/c1-7(10(12)13)17-6-8-3-2-4-9(5-8)11(14,15)16/h2-5,7,10,17H,6H2,1H3. The number of halogens is 5. The first-order valence-corrected chi connectivity index (χ1v) is 4.98. The van der Waals surface area contributed by atoms with E-state index in [-0.39, 0.29) is 6.54 Å². The molecule has 1 rings (SSSR count). The van der Waals surface area contributed by atoms with Crippen molar-refractivity contribution in [3.05, 3.63) is 35.4 Å². The van der Waals surface area contributed by atoms with Crippen molar-refractivity contribution in [2.45, 2.75) is 32.1 Å². The van der Waals surface area contributed by atoms with Crippen molar-refractivity contribution in [1.29, 1.82) is 0 Å². The zero-order valence-electron chi connectivity index (χ0n) is 9.06. The molecule has 0 saturated carbocycles. The van der Waals surface area contributed by atoms with Gasteiger partial charge in [-0.3, -0.25) is 0 Å². The first-order chi connectivity index (χ1) is 7.80.